The Morgan fingerprint density at radius 1 is 1.14 bits per heavy atom. The molecule has 1 unspecified atom stereocenters. The van der Waals surface area contributed by atoms with Crippen molar-refractivity contribution in [1.82, 2.24) is 9.78 Å². The molecule has 5 rings (SSSR count). The third-order valence-corrected chi connectivity index (χ3v) is 7.11. The molecule has 2 heterocycles. The number of carbonyl (C=O) groups is 1. The third kappa shape index (κ3) is 5.22. The van der Waals surface area contributed by atoms with Gasteiger partial charge in [0.15, 0.2) is 17.2 Å². The molecule has 1 aromatic heterocycles. The predicted molar refractivity (Wildman–Crippen MR) is 131 cm³/mol. The van der Waals surface area contributed by atoms with Gasteiger partial charge in [-0.15, -0.1) is 0 Å². The van der Waals surface area contributed by atoms with E-state index >= 15 is 0 Å². The molecule has 37 heavy (non-hydrogen) atoms. The van der Waals surface area contributed by atoms with Gasteiger partial charge in [-0.3, -0.25) is 13.9 Å². The van der Waals surface area contributed by atoms with E-state index < -0.39 is 32.0 Å². The van der Waals surface area contributed by atoms with Crippen molar-refractivity contribution in [2.45, 2.75) is 30.9 Å². The first-order valence-electron chi connectivity index (χ1n) is 11.2. The molecule has 13 heteroatoms. The molecule has 3 aromatic rings. The molecule has 1 atom stereocenters. The monoisotopic (exact) mass is 553 g/mol. The van der Waals surface area contributed by atoms with E-state index in [0.29, 0.717) is 22.9 Å². The minimum absolute atomic E-state index is 0.214. The fourth-order valence-corrected chi connectivity index (χ4v) is 5.63. The summed E-state index contributed by atoms with van der Waals surface area (Å²) in [4.78, 5) is 24.2. The number of carbonyl (C=O) groups excluding carboxylic acids is 1. The lowest BCUT2D eigenvalue weighted by molar-refractivity contribution is -0.204. The van der Waals surface area contributed by atoms with Gasteiger partial charge in [-0.1, -0.05) is 11.6 Å². The third-order valence-electron chi connectivity index (χ3n) is 6.13. The Labute approximate surface area is 216 Å². The summed E-state index contributed by atoms with van der Waals surface area (Å²) in [6, 6.07) is 11.8. The number of alkyl halides is 2. The van der Waals surface area contributed by atoms with Crippen molar-refractivity contribution in [3.63, 3.8) is 0 Å². The number of rotatable bonds is 8. The highest BCUT2D eigenvalue weighted by Crippen LogP contribution is 2.55. The minimum Gasteiger partial charge on any atom is -0.493 e. The van der Waals surface area contributed by atoms with Crippen molar-refractivity contribution in [2.24, 2.45) is 0 Å². The molecule has 9 nitrogen and oxygen atoms in total. The van der Waals surface area contributed by atoms with E-state index in [1.165, 1.54) is 12.0 Å². The van der Waals surface area contributed by atoms with Gasteiger partial charge >= 0.3 is 7.60 Å². The van der Waals surface area contributed by atoms with Gasteiger partial charge in [-0.25, -0.2) is 13.5 Å². The van der Waals surface area contributed by atoms with Gasteiger partial charge in [-0.2, -0.15) is 5.10 Å². The highest BCUT2D eigenvalue weighted by Gasteiger charge is 2.60. The lowest BCUT2D eigenvalue weighted by Gasteiger charge is -2.46. The number of benzene rings is 2. The molecule has 0 saturated heterocycles. The predicted octanol–water partition coefficient (Wildman–Crippen LogP) is 5.07. The molecule has 0 bridgehead atoms. The van der Waals surface area contributed by atoms with Crippen molar-refractivity contribution >= 4 is 30.8 Å². The van der Waals surface area contributed by atoms with Crippen LogP contribution < -0.4 is 14.4 Å². The van der Waals surface area contributed by atoms with Crippen LogP contribution in [-0.4, -0.2) is 52.5 Å². The lowest BCUT2D eigenvalue weighted by atomic mass is 9.77. The summed E-state index contributed by atoms with van der Waals surface area (Å²) >= 11 is 5.94. The summed E-state index contributed by atoms with van der Waals surface area (Å²) in [6.07, 6.45) is 0.323. The Kier molecular flexibility index (Phi) is 6.31. The van der Waals surface area contributed by atoms with Crippen LogP contribution >= 0.6 is 19.2 Å². The van der Waals surface area contributed by atoms with Crippen molar-refractivity contribution in [3.05, 3.63) is 64.9 Å². The van der Waals surface area contributed by atoms with E-state index in [0.717, 1.165) is 17.9 Å². The molecule has 2 aromatic carbocycles. The van der Waals surface area contributed by atoms with Crippen molar-refractivity contribution in [1.29, 1.82) is 0 Å². The maximum atomic E-state index is 13.6. The zero-order valence-electron chi connectivity index (χ0n) is 19.9. The van der Waals surface area contributed by atoms with E-state index in [1.807, 2.05) is 0 Å². The van der Waals surface area contributed by atoms with Crippen LogP contribution in [0.2, 0.25) is 5.02 Å². The number of anilines is 1. The van der Waals surface area contributed by atoms with Crippen LogP contribution in [0.1, 0.15) is 28.9 Å². The van der Waals surface area contributed by atoms with Crippen molar-refractivity contribution in [3.8, 4) is 17.2 Å². The Bertz CT molecular complexity index is 1400. The summed E-state index contributed by atoms with van der Waals surface area (Å²) in [6.45, 7) is 0.862. The number of halogens is 3. The van der Waals surface area contributed by atoms with E-state index in [-0.39, 0.29) is 24.0 Å². The van der Waals surface area contributed by atoms with Crippen molar-refractivity contribution in [2.75, 3.05) is 25.3 Å². The molecule has 1 fully saturated rings. The molecule has 0 radical (unpaired) electrons. The molecular weight excluding hydrogens is 531 g/mol. The van der Waals surface area contributed by atoms with E-state index in [4.69, 9.17) is 25.6 Å². The SMILES string of the molecule is COc1cc(N2Cc3cn(-c4ccc(Cl)cc4)nc3C2=O)ccc1OCC1(OP(C)(=O)O)CC(F)(F)C1. The van der Waals surface area contributed by atoms with Crippen molar-refractivity contribution < 1.29 is 37.0 Å². The molecule has 1 amide bonds. The Morgan fingerprint density at radius 2 is 1.81 bits per heavy atom. The Balaban J connectivity index is 1.31. The standard InChI is InChI=1S/C24H23ClF2N3O6P/c1-34-20-9-18(7-8-19(20)35-14-23(36-37(2,32)33)12-24(26,27)13-23)29-10-15-11-30(28-21(15)22(29)31)17-5-3-16(25)4-6-17/h3-9,11H,10,12-14H2,1-2H3,(H,32,33). The second-order valence-electron chi connectivity index (χ2n) is 9.23. The Hall–Kier alpha value is -2.98. The number of nitrogens with zero attached hydrogens (tertiary/aromatic N) is 3. The zero-order chi connectivity index (χ0) is 26.6. The topological polar surface area (TPSA) is 103 Å². The van der Waals surface area contributed by atoms with Crippen LogP contribution in [0.5, 0.6) is 11.5 Å². The number of fused-ring (bicyclic) bond motifs is 1. The molecule has 196 valence electrons. The first-order chi connectivity index (χ1) is 17.4. The van der Waals surface area contributed by atoms with Gasteiger partial charge in [0, 0.05) is 48.0 Å². The highest BCUT2D eigenvalue weighted by molar-refractivity contribution is 7.51. The first kappa shape index (κ1) is 25.7. The van der Waals surface area contributed by atoms with Gasteiger partial charge in [0.05, 0.1) is 19.3 Å². The largest absolute Gasteiger partial charge is 0.493 e. The highest BCUT2D eigenvalue weighted by atomic mass is 35.5. The second-order valence-corrected chi connectivity index (χ2v) is 11.5. The van der Waals surface area contributed by atoms with E-state index in [1.54, 1.807) is 53.3 Å². The van der Waals surface area contributed by atoms with Crippen LogP contribution in [0.4, 0.5) is 14.5 Å². The molecule has 1 N–H and O–H groups in total. The zero-order valence-corrected chi connectivity index (χ0v) is 21.5. The summed E-state index contributed by atoms with van der Waals surface area (Å²) in [5.41, 5.74) is 0.784. The van der Waals surface area contributed by atoms with Crippen LogP contribution in [0, 0.1) is 0 Å². The molecule has 1 aliphatic heterocycles. The summed E-state index contributed by atoms with van der Waals surface area (Å²) in [5.74, 6) is -2.82. The molecule has 2 aliphatic rings. The van der Waals surface area contributed by atoms with E-state index in [9.17, 15) is 23.0 Å². The fourth-order valence-electron chi connectivity index (χ4n) is 4.61. The lowest BCUT2D eigenvalue weighted by Crippen LogP contribution is -2.56. The fraction of sp³-hybridized carbons (Fsp3) is 0.333. The van der Waals surface area contributed by atoms with Crippen LogP contribution in [-0.2, 0) is 15.6 Å². The number of methoxy groups -OCH3 is 1. The minimum atomic E-state index is -4.03. The Morgan fingerprint density at radius 3 is 2.41 bits per heavy atom. The number of amides is 1. The average molecular weight is 554 g/mol. The average Bonchev–Trinajstić information content (AvgIpc) is 3.35. The number of hydrogen-bond acceptors (Lipinski definition) is 6. The first-order valence-corrected chi connectivity index (χ1v) is 13.6. The molecule has 1 saturated carbocycles. The number of aromatic nitrogens is 2. The maximum absolute atomic E-state index is 13.6. The summed E-state index contributed by atoms with van der Waals surface area (Å²) < 4.78 is 56.7. The van der Waals surface area contributed by atoms with Crippen LogP contribution in [0.25, 0.3) is 5.69 Å². The van der Waals surface area contributed by atoms with Crippen LogP contribution in [0.3, 0.4) is 0 Å². The van der Waals surface area contributed by atoms with Gasteiger partial charge in [0.25, 0.3) is 11.8 Å². The van der Waals surface area contributed by atoms with Gasteiger partial charge in [0.2, 0.25) is 0 Å². The summed E-state index contributed by atoms with van der Waals surface area (Å²) in [5, 5.41) is 5.03. The van der Waals surface area contributed by atoms with Gasteiger partial charge < -0.3 is 19.3 Å². The quantitative estimate of drug-likeness (QED) is 0.388. The normalized spacial score (nSPS) is 19.2. The number of ether oxygens (including phenoxy) is 2. The van der Waals surface area contributed by atoms with Gasteiger partial charge in [-0.05, 0) is 36.4 Å². The second kappa shape index (κ2) is 9.09. The molecular formula is C24H23ClF2N3O6P. The molecule has 1 aliphatic carbocycles. The van der Waals surface area contributed by atoms with Gasteiger partial charge in [0.1, 0.15) is 12.2 Å². The smallest absolute Gasteiger partial charge is 0.325 e. The van der Waals surface area contributed by atoms with Crippen LogP contribution in [0.15, 0.2) is 48.7 Å². The molecule has 0 spiro atoms. The summed E-state index contributed by atoms with van der Waals surface area (Å²) in [7, 11) is -2.62. The maximum Gasteiger partial charge on any atom is 0.325 e. The van der Waals surface area contributed by atoms with E-state index in [2.05, 4.69) is 5.10 Å². The number of hydrogen-bond donors (Lipinski definition) is 1.